The summed E-state index contributed by atoms with van der Waals surface area (Å²) in [6, 6.07) is 0. The molecule has 2 rings (SSSR count). The maximum atomic E-state index is 4.48. The van der Waals surface area contributed by atoms with Gasteiger partial charge in [0.05, 0.1) is 0 Å². The van der Waals surface area contributed by atoms with Crippen LogP contribution < -0.4 is 5.32 Å². The van der Waals surface area contributed by atoms with E-state index in [4.69, 9.17) is 0 Å². The number of hydrogen-bond donors (Lipinski definition) is 1. The zero-order valence-corrected chi connectivity index (χ0v) is 12.9. The van der Waals surface area contributed by atoms with E-state index in [1.54, 1.807) is 28.9 Å². The van der Waals surface area contributed by atoms with Crippen LogP contribution in [0, 0.1) is 5.92 Å². The second-order valence-corrected chi connectivity index (χ2v) is 5.83. The summed E-state index contributed by atoms with van der Waals surface area (Å²) < 4.78 is 1.79. The first-order valence-electron chi connectivity index (χ1n) is 6.80. The normalized spacial score (nSPS) is 11.0. The quantitative estimate of drug-likeness (QED) is 0.791. The Morgan fingerprint density at radius 3 is 2.80 bits per heavy atom. The molecule has 2 aromatic rings. The van der Waals surface area contributed by atoms with E-state index in [1.165, 1.54) is 0 Å². The molecule has 2 heterocycles. The highest BCUT2D eigenvalue weighted by atomic mass is 32.2. The number of aromatic nitrogens is 5. The van der Waals surface area contributed by atoms with Gasteiger partial charge in [-0.15, -0.1) is 0 Å². The van der Waals surface area contributed by atoms with Gasteiger partial charge in [-0.1, -0.05) is 32.5 Å². The highest BCUT2D eigenvalue weighted by Crippen LogP contribution is 2.18. The van der Waals surface area contributed by atoms with Gasteiger partial charge >= 0.3 is 0 Å². The van der Waals surface area contributed by atoms with E-state index in [-0.39, 0.29) is 0 Å². The van der Waals surface area contributed by atoms with Gasteiger partial charge in [-0.05, 0) is 12.3 Å². The second kappa shape index (κ2) is 7.23. The van der Waals surface area contributed by atoms with Crippen LogP contribution in [-0.4, -0.2) is 36.8 Å². The van der Waals surface area contributed by atoms with Crippen molar-refractivity contribution in [1.82, 2.24) is 24.5 Å². The number of rotatable bonds is 7. The summed E-state index contributed by atoms with van der Waals surface area (Å²) in [5.41, 5.74) is 0. The number of anilines is 1. The fourth-order valence-corrected chi connectivity index (χ4v) is 2.24. The zero-order chi connectivity index (χ0) is 14.4. The van der Waals surface area contributed by atoms with Crippen molar-refractivity contribution in [3.63, 3.8) is 0 Å². The van der Waals surface area contributed by atoms with Crippen LogP contribution in [-0.2, 0) is 0 Å². The number of hydrogen-bond acceptors (Lipinski definition) is 6. The minimum atomic E-state index is 0.598. The summed E-state index contributed by atoms with van der Waals surface area (Å²) in [5.74, 6) is 2.81. The van der Waals surface area contributed by atoms with E-state index in [9.17, 15) is 0 Å². The van der Waals surface area contributed by atoms with Gasteiger partial charge < -0.3 is 5.32 Å². The Kier molecular flexibility index (Phi) is 5.34. The minimum absolute atomic E-state index is 0.598. The van der Waals surface area contributed by atoms with Crippen molar-refractivity contribution in [2.24, 2.45) is 5.92 Å². The summed E-state index contributed by atoms with van der Waals surface area (Å²) in [5, 5.41) is 3.96. The predicted octanol–water partition coefficient (Wildman–Crippen LogP) is 2.63. The van der Waals surface area contributed by atoms with Crippen LogP contribution in [0.15, 0.2) is 23.9 Å². The molecule has 0 saturated heterocycles. The van der Waals surface area contributed by atoms with Crippen molar-refractivity contribution >= 4 is 17.7 Å². The summed E-state index contributed by atoms with van der Waals surface area (Å²) in [6.45, 7) is 7.32. The van der Waals surface area contributed by atoms with Crippen LogP contribution >= 0.6 is 11.8 Å². The standard InChI is InChI=1S/C13H20N6S/c1-4-5-15-11-16-12(19-7-6-14-9-19)18-13(17-11)20-8-10(2)3/h6-7,9-10H,4-5,8H2,1-3H3,(H,15,16,17,18). The van der Waals surface area contributed by atoms with Gasteiger partial charge in [-0.25, -0.2) is 4.98 Å². The Morgan fingerprint density at radius 2 is 2.15 bits per heavy atom. The fourth-order valence-electron chi connectivity index (χ4n) is 1.46. The first-order chi connectivity index (χ1) is 9.69. The maximum Gasteiger partial charge on any atom is 0.240 e. The molecule has 1 N–H and O–H groups in total. The summed E-state index contributed by atoms with van der Waals surface area (Å²) >= 11 is 1.65. The Labute approximate surface area is 123 Å². The molecule has 6 nitrogen and oxygen atoms in total. The molecule has 0 aromatic carbocycles. The van der Waals surface area contributed by atoms with Crippen LogP contribution in [0.1, 0.15) is 27.2 Å². The summed E-state index contributed by atoms with van der Waals surface area (Å²) in [6.07, 6.45) is 6.26. The van der Waals surface area contributed by atoms with Crippen molar-refractivity contribution in [3.05, 3.63) is 18.7 Å². The van der Waals surface area contributed by atoms with Crippen molar-refractivity contribution < 1.29 is 0 Å². The Morgan fingerprint density at radius 1 is 1.30 bits per heavy atom. The van der Waals surface area contributed by atoms with E-state index < -0.39 is 0 Å². The van der Waals surface area contributed by atoms with Crippen LogP contribution in [0.4, 0.5) is 5.95 Å². The lowest BCUT2D eigenvalue weighted by Gasteiger charge is -2.09. The van der Waals surface area contributed by atoms with Crippen molar-refractivity contribution in [2.75, 3.05) is 17.6 Å². The van der Waals surface area contributed by atoms with Crippen LogP contribution in [0.5, 0.6) is 0 Å². The van der Waals surface area contributed by atoms with Crippen molar-refractivity contribution in [3.8, 4) is 5.95 Å². The minimum Gasteiger partial charge on any atom is -0.354 e. The molecule has 0 radical (unpaired) electrons. The summed E-state index contributed by atoms with van der Waals surface area (Å²) in [4.78, 5) is 17.4. The molecule has 0 unspecified atom stereocenters. The molecule has 0 aliphatic rings. The molecule has 0 bridgehead atoms. The smallest absolute Gasteiger partial charge is 0.240 e. The Bertz CT molecular complexity index is 526. The molecule has 0 fully saturated rings. The second-order valence-electron chi connectivity index (χ2n) is 4.84. The lowest BCUT2D eigenvalue weighted by atomic mass is 10.3. The van der Waals surface area contributed by atoms with Gasteiger partial charge in [0.2, 0.25) is 11.9 Å². The van der Waals surface area contributed by atoms with Gasteiger partial charge in [-0.3, -0.25) is 4.57 Å². The molecule has 0 aliphatic carbocycles. The van der Waals surface area contributed by atoms with Crippen LogP contribution in [0.2, 0.25) is 0 Å². The molecular weight excluding hydrogens is 272 g/mol. The summed E-state index contributed by atoms with van der Waals surface area (Å²) in [7, 11) is 0. The molecular formula is C13H20N6S. The molecule has 0 aliphatic heterocycles. The first kappa shape index (κ1) is 14.8. The van der Waals surface area contributed by atoms with E-state index in [0.29, 0.717) is 17.8 Å². The highest BCUT2D eigenvalue weighted by molar-refractivity contribution is 7.99. The Balaban J connectivity index is 2.24. The number of nitrogens with one attached hydrogen (secondary N) is 1. The largest absolute Gasteiger partial charge is 0.354 e. The van der Waals surface area contributed by atoms with E-state index in [0.717, 1.165) is 23.9 Å². The first-order valence-corrected chi connectivity index (χ1v) is 7.78. The molecule has 7 heteroatoms. The molecule has 0 saturated carbocycles. The average molecular weight is 292 g/mol. The highest BCUT2D eigenvalue weighted by Gasteiger charge is 2.09. The molecule has 0 amide bonds. The molecule has 108 valence electrons. The van der Waals surface area contributed by atoms with Crippen LogP contribution in [0.25, 0.3) is 5.95 Å². The van der Waals surface area contributed by atoms with E-state index in [2.05, 4.69) is 46.0 Å². The third kappa shape index (κ3) is 4.19. The van der Waals surface area contributed by atoms with Crippen molar-refractivity contribution in [2.45, 2.75) is 32.3 Å². The predicted molar refractivity (Wildman–Crippen MR) is 81.3 cm³/mol. The van der Waals surface area contributed by atoms with Crippen molar-refractivity contribution in [1.29, 1.82) is 0 Å². The van der Waals surface area contributed by atoms with E-state index in [1.807, 2.05) is 6.20 Å². The lowest BCUT2D eigenvalue weighted by molar-refractivity contribution is 0.745. The average Bonchev–Trinajstić information content (AvgIpc) is 2.97. The topological polar surface area (TPSA) is 68.5 Å². The SMILES string of the molecule is CCCNc1nc(SCC(C)C)nc(-n2ccnc2)n1. The monoisotopic (exact) mass is 292 g/mol. The number of thioether (sulfide) groups is 1. The van der Waals surface area contributed by atoms with Gasteiger partial charge in [0.25, 0.3) is 0 Å². The zero-order valence-electron chi connectivity index (χ0n) is 12.1. The third-order valence-corrected chi connectivity index (χ3v) is 3.69. The van der Waals surface area contributed by atoms with Gasteiger partial charge in [0.1, 0.15) is 6.33 Å². The van der Waals surface area contributed by atoms with E-state index >= 15 is 0 Å². The number of nitrogens with zero attached hydrogens (tertiary/aromatic N) is 5. The van der Waals surface area contributed by atoms with Gasteiger partial charge in [0.15, 0.2) is 5.16 Å². The van der Waals surface area contributed by atoms with Gasteiger partial charge in [-0.2, -0.15) is 15.0 Å². The Hall–Kier alpha value is -1.63. The third-order valence-electron chi connectivity index (χ3n) is 2.42. The molecule has 2 aromatic heterocycles. The molecule has 0 spiro atoms. The molecule has 0 atom stereocenters. The van der Waals surface area contributed by atoms with Crippen LogP contribution in [0.3, 0.4) is 0 Å². The fraction of sp³-hybridized carbons (Fsp3) is 0.538. The maximum absolute atomic E-state index is 4.48. The number of imidazole rings is 1. The lowest BCUT2D eigenvalue weighted by Crippen LogP contribution is -2.10. The van der Waals surface area contributed by atoms with Gasteiger partial charge in [0, 0.05) is 24.7 Å². The molecule has 20 heavy (non-hydrogen) atoms.